The molecule has 0 atom stereocenters. The molecule has 24 heavy (non-hydrogen) atoms. The smallest absolute Gasteiger partial charge is 0.225 e. The molecule has 1 aromatic carbocycles. The lowest BCUT2D eigenvalue weighted by Gasteiger charge is -2.31. The number of likely N-dealkylation sites (tertiary alicyclic amines) is 1. The van der Waals surface area contributed by atoms with Crippen molar-refractivity contribution in [3.8, 4) is 5.75 Å². The van der Waals surface area contributed by atoms with Crippen molar-refractivity contribution in [2.45, 2.75) is 25.2 Å². The highest BCUT2D eigenvalue weighted by molar-refractivity contribution is 5.76. The molecule has 0 radical (unpaired) electrons. The lowest BCUT2D eigenvalue weighted by atomic mass is 9.93. The lowest BCUT2D eigenvalue weighted by molar-refractivity contribution is -0.132. The molecular weight excluding hydrogens is 309 g/mol. The summed E-state index contributed by atoms with van der Waals surface area (Å²) in [5.74, 6) is 0.183. The molecule has 0 bridgehead atoms. The Morgan fingerprint density at radius 2 is 2.04 bits per heavy atom. The molecule has 2 aromatic rings. The zero-order chi connectivity index (χ0) is 16.8. The fourth-order valence-corrected chi connectivity index (χ4v) is 2.91. The highest BCUT2D eigenvalue weighted by Gasteiger charge is 2.24. The Morgan fingerprint density at radius 1 is 1.25 bits per heavy atom. The number of amides is 1. The van der Waals surface area contributed by atoms with Gasteiger partial charge in [-0.2, -0.15) is 0 Å². The van der Waals surface area contributed by atoms with E-state index in [4.69, 9.17) is 4.74 Å². The average molecular weight is 329 g/mol. The number of hydrogen-bond acceptors (Lipinski definition) is 4. The predicted molar refractivity (Wildman–Crippen MR) is 87.1 cm³/mol. The Hall–Kier alpha value is -2.50. The second-order valence-corrected chi connectivity index (χ2v) is 5.81. The third-order valence-corrected chi connectivity index (χ3v) is 4.26. The van der Waals surface area contributed by atoms with Gasteiger partial charge >= 0.3 is 0 Å². The summed E-state index contributed by atoms with van der Waals surface area (Å²) >= 11 is 0. The van der Waals surface area contributed by atoms with E-state index in [0.717, 1.165) is 18.5 Å². The Kier molecular flexibility index (Phi) is 5.36. The van der Waals surface area contributed by atoms with Crippen molar-refractivity contribution in [3.05, 3.63) is 54.4 Å². The van der Waals surface area contributed by atoms with Gasteiger partial charge in [0.2, 0.25) is 5.91 Å². The maximum Gasteiger partial charge on any atom is 0.225 e. The van der Waals surface area contributed by atoms with Gasteiger partial charge < -0.3 is 9.64 Å². The van der Waals surface area contributed by atoms with Crippen LogP contribution in [0.15, 0.2) is 42.9 Å². The Bertz CT molecular complexity index is 673. The molecule has 6 heteroatoms. The minimum absolute atomic E-state index is 0.0453. The number of benzene rings is 1. The lowest BCUT2D eigenvalue weighted by Crippen LogP contribution is -2.38. The van der Waals surface area contributed by atoms with Crippen LogP contribution in [-0.2, 0) is 4.79 Å². The Morgan fingerprint density at radius 3 is 2.75 bits per heavy atom. The van der Waals surface area contributed by atoms with Crippen LogP contribution in [0, 0.1) is 5.82 Å². The van der Waals surface area contributed by atoms with E-state index in [1.54, 1.807) is 36.8 Å². The fourth-order valence-electron chi connectivity index (χ4n) is 2.91. The van der Waals surface area contributed by atoms with E-state index in [-0.39, 0.29) is 24.7 Å². The highest BCUT2D eigenvalue weighted by Crippen LogP contribution is 2.26. The van der Waals surface area contributed by atoms with E-state index in [1.807, 2.05) is 4.90 Å². The fraction of sp³-hybridized carbons (Fsp3) is 0.389. The van der Waals surface area contributed by atoms with Crippen LogP contribution < -0.4 is 4.74 Å². The summed E-state index contributed by atoms with van der Waals surface area (Å²) in [7, 11) is 0. The van der Waals surface area contributed by atoms with Gasteiger partial charge in [0, 0.05) is 37.6 Å². The second-order valence-electron chi connectivity index (χ2n) is 5.81. The van der Waals surface area contributed by atoms with Gasteiger partial charge in [-0.25, -0.2) is 4.39 Å². The van der Waals surface area contributed by atoms with Crippen molar-refractivity contribution in [1.29, 1.82) is 0 Å². The maximum absolute atomic E-state index is 13.4. The van der Waals surface area contributed by atoms with Crippen molar-refractivity contribution >= 4 is 5.91 Å². The molecule has 1 aliphatic rings. The molecule has 5 nitrogen and oxygen atoms in total. The van der Waals surface area contributed by atoms with E-state index in [9.17, 15) is 9.18 Å². The largest absolute Gasteiger partial charge is 0.490 e. The number of piperidine rings is 1. The topological polar surface area (TPSA) is 55.3 Å². The third-order valence-electron chi connectivity index (χ3n) is 4.26. The van der Waals surface area contributed by atoms with Crippen LogP contribution in [0.25, 0.3) is 0 Å². The van der Waals surface area contributed by atoms with E-state index < -0.39 is 5.82 Å². The maximum atomic E-state index is 13.4. The van der Waals surface area contributed by atoms with Crippen molar-refractivity contribution < 1.29 is 13.9 Å². The van der Waals surface area contributed by atoms with Gasteiger partial charge in [-0.15, -0.1) is 0 Å². The first-order valence-corrected chi connectivity index (χ1v) is 8.15. The molecule has 1 aromatic heterocycles. The first-order valence-electron chi connectivity index (χ1n) is 8.15. The number of ether oxygens (including phenoxy) is 1. The molecular formula is C18H20FN3O2. The zero-order valence-electron chi connectivity index (χ0n) is 13.4. The molecule has 0 unspecified atom stereocenters. The van der Waals surface area contributed by atoms with E-state index in [0.29, 0.717) is 19.0 Å². The van der Waals surface area contributed by atoms with Gasteiger partial charge in [-0.3, -0.25) is 14.8 Å². The Balaban J connectivity index is 1.43. The van der Waals surface area contributed by atoms with Gasteiger partial charge in [-0.1, -0.05) is 12.1 Å². The first-order chi connectivity index (χ1) is 11.7. The SMILES string of the molecule is O=C(CCOc1ccccc1F)N1CCC(c2cnccn2)CC1. The number of aromatic nitrogens is 2. The van der Waals surface area contributed by atoms with Crippen molar-refractivity contribution in [2.75, 3.05) is 19.7 Å². The van der Waals surface area contributed by atoms with E-state index in [1.165, 1.54) is 6.07 Å². The molecule has 1 fully saturated rings. The molecule has 1 aliphatic heterocycles. The van der Waals surface area contributed by atoms with Crippen LogP contribution in [0.5, 0.6) is 5.75 Å². The van der Waals surface area contributed by atoms with Crippen LogP contribution in [0.3, 0.4) is 0 Å². The number of carbonyl (C=O) groups is 1. The van der Waals surface area contributed by atoms with Crippen molar-refractivity contribution in [2.24, 2.45) is 0 Å². The summed E-state index contributed by atoms with van der Waals surface area (Å²) in [4.78, 5) is 22.5. The zero-order valence-corrected chi connectivity index (χ0v) is 13.4. The van der Waals surface area contributed by atoms with Crippen molar-refractivity contribution in [3.63, 3.8) is 0 Å². The van der Waals surface area contributed by atoms with Crippen molar-refractivity contribution in [1.82, 2.24) is 14.9 Å². The molecule has 3 rings (SSSR count). The summed E-state index contributed by atoms with van der Waals surface area (Å²) in [5, 5.41) is 0. The quantitative estimate of drug-likeness (QED) is 0.846. The summed E-state index contributed by atoms with van der Waals surface area (Å²) in [6.45, 7) is 1.60. The number of halogens is 1. The number of nitrogens with zero attached hydrogens (tertiary/aromatic N) is 3. The summed E-state index contributed by atoms with van der Waals surface area (Å²) in [6.07, 6.45) is 7.19. The van der Waals surface area contributed by atoms with Crippen LogP contribution in [-0.4, -0.2) is 40.5 Å². The third kappa shape index (κ3) is 4.07. The number of carbonyl (C=O) groups excluding carboxylic acids is 1. The second kappa shape index (κ2) is 7.86. The van der Waals surface area contributed by atoms with Crippen LogP contribution in [0.1, 0.15) is 30.9 Å². The molecule has 1 amide bonds. The molecule has 0 N–H and O–H groups in total. The summed E-state index contributed by atoms with van der Waals surface area (Å²) in [6, 6.07) is 6.21. The number of rotatable bonds is 5. The summed E-state index contributed by atoms with van der Waals surface area (Å²) in [5.41, 5.74) is 0.993. The number of hydrogen-bond donors (Lipinski definition) is 0. The monoisotopic (exact) mass is 329 g/mol. The normalized spacial score (nSPS) is 15.3. The van der Waals surface area contributed by atoms with Gasteiger partial charge in [0.15, 0.2) is 11.6 Å². The minimum atomic E-state index is -0.408. The van der Waals surface area contributed by atoms with Crippen LogP contribution in [0.4, 0.5) is 4.39 Å². The Labute approximate surface area is 140 Å². The number of para-hydroxylation sites is 1. The molecule has 126 valence electrons. The summed E-state index contributed by atoms with van der Waals surface area (Å²) < 4.78 is 18.8. The average Bonchev–Trinajstić information content (AvgIpc) is 2.64. The predicted octanol–water partition coefficient (Wildman–Crippen LogP) is 2.79. The minimum Gasteiger partial charge on any atom is -0.490 e. The van der Waals surface area contributed by atoms with E-state index in [2.05, 4.69) is 9.97 Å². The molecule has 0 spiro atoms. The molecule has 2 heterocycles. The molecule has 0 saturated carbocycles. The molecule has 1 saturated heterocycles. The standard InChI is InChI=1S/C18H20FN3O2/c19-15-3-1-2-4-17(15)24-12-7-18(23)22-10-5-14(6-11-22)16-13-20-8-9-21-16/h1-4,8-9,13-14H,5-7,10-12H2. The molecule has 0 aliphatic carbocycles. The highest BCUT2D eigenvalue weighted by atomic mass is 19.1. The van der Waals surface area contributed by atoms with Gasteiger partial charge in [0.05, 0.1) is 18.7 Å². The van der Waals surface area contributed by atoms with Gasteiger partial charge in [0.1, 0.15) is 0 Å². The van der Waals surface area contributed by atoms with Gasteiger partial charge in [-0.05, 0) is 25.0 Å². The van der Waals surface area contributed by atoms with E-state index >= 15 is 0 Å². The first kappa shape index (κ1) is 16.4. The van der Waals surface area contributed by atoms with Gasteiger partial charge in [0.25, 0.3) is 0 Å². The van der Waals surface area contributed by atoms with Crippen LogP contribution >= 0.6 is 0 Å². The van der Waals surface area contributed by atoms with Crippen LogP contribution in [0.2, 0.25) is 0 Å².